The number of hydrogen-bond donors (Lipinski definition) is 1. The average Bonchev–Trinajstić information content (AvgIpc) is 2.28. The molecule has 0 fully saturated rings. The number of aliphatic hydroxyl groups is 1. The summed E-state index contributed by atoms with van der Waals surface area (Å²) in [7, 11) is -3.63. The van der Waals surface area contributed by atoms with E-state index in [-0.39, 0.29) is 19.6 Å². The van der Waals surface area contributed by atoms with Gasteiger partial charge in [-0.15, -0.1) is 11.6 Å². The molecule has 0 spiro atoms. The van der Waals surface area contributed by atoms with Gasteiger partial charge >= 0.3 is 7.60 Å². The first kappa shape index (κ1) is 17.1. The first-order chi connectivity index (χ1) is 7.91. The Morgan fingerprint density at radius 2 is 1.76 bits per heavy atom. The number of carbonyl (C=O) groups excluding carboxylic acids is 1. The molecular weight excluding hydrogens is 267 g/mol. The van der Waals surface area contributed by atoms with Crippen molar-refractivity contribution in [2.75, 3.05) is 13.2 Å². The van der Waals surface area contributed by atoms with Gasteiger partial charge in [-0.3, -0.25) is 9.36 Å². The Labute approximate surface area is 107 Å². The second-order valence-electron chi connectivity index (χ2n) is 3.44. The molecule has 0 aromatic rings. The van der Waals surface area contributed by atoms with Crippen molar-refractivity contribution in [3.8, 4) is 0 Å². The number of halogens is 1. The lowest BCUT2D eigenvalue weighted by molar-refractivity contribution is -0.119. The fourth-order valence-corrected chi connectivity index (χ4v) is 3.12. The van der Waals surface area contributed by atoms with Crippen molar-refractivity contribution in [3.63, 3.8) is 0 Å². The van der Waals surface area contributed by atoms with Crippen molar-refractivity contribution in [1.29, 1.82) is 0 Å². The highest BCUT2D eigenvalue weighted by atomic mass is 35.5. The molecule has 5 nitrogen and oxygen atoms in total. The summed E-state index contributed by atoms with van der Waals surface area (Å²) in [4.78, 5) is 11.7. The first-order valence-corrected chi connectivity index (χ1v) is 7.69. The molecule has 0 saturated carbocycles. The fourth-order valence-electron chi connectivity index (χ4n) is 1.18. The van der Waals surface area contributed by atoms with E-state index in [1.165, 1.54) is 0 Å². The largest absolute Gasteiger partial charge is 0.393 e. The lowest BCUT2D eigenvalue weighted by atomic mass is 10.1. The van der Waals surface area contributed by atoms with Crippen molar-refractivity contribution in [2.24, 2.45) is 0 Å². The Morgan fingerprint density at radius 3 is 2.12 bits per heavy atom. The third kappa shape index (κ3) is 5.49. The fraction of sp³-hybridized carbons (Fsp3) is 0.900. The Hall–Kier alpha value is 0.0700. The van der Waals surface area contributed by atoms with Crippen LogP contribution in [0.5, 0.6) is 0 Å². The van der Waals surface area contributed by atoms with E-state index in [4.69, 9.17) is 20.6 Å². The van der Waals surface area contributed by atoms with Gasteiger partial charge in [0.2, 0.25) is 0 Å². The predicted molar refractivity (Wildman–Crippen MR) is 66.4 cm³/mol. The van der Waals surface area contributed by atoms with Crippen LogP contribution in [0, 0.1) is 0 Å². The quantitative estimate of drug-likeness (QED) is 0.521. The predicted octanol–water partition coefficient (Wildman–Crippen LogP) is 2.55. The molecule has 0 radical (unpaired) electrons. The second kappa shape index (κ2) is 8.22. The van der Waals surface area contributed by atoms with E-state index in [2.05, 4.69) is 0 Å². The summed E-state index contributed by atoms with van der Waals surface area (Å²) in [6.07, 6.45) is -0.488. The average molecular weight is 287 g/mol. The number of aliphatic hydroxyl groups excluding tert-OH is 1. The van der Waals surface area contributed by atoms with Crippen molar-refractivity contribution < 1.29 is 23.5 Å². The maximum atomic E-state index is 12.1. The van der Waals surface area contributed by atoms with Crippen LogP contribution in [-0.4, -0.2) is 35.3 Å². The zero-order valence-corrected chi connectivity index (χ0v) is 12.0. The topological polar surface area (TPSA) is 72.8 Å². The van der Waals surface area contributed by atoms with E-state index < -0.39 is 24.6 Å². The number of hydrogen-bond acceptors (Lipinski definition) is 5. The van der Waals surface area contributed by atoms with Crippen molar-refractivity contribution in [2.45, 2.75) is 44.8 Å². The Balaban J connectivity index is 4.66. The van der Waals surface area contributed by atoms with E-state index >= 15 is 0 Å². The molecule has 0 bridgehead atoms. The summed E-state index contributed by atoms with van der Waals surface area (Å²) in [5, 5.41) is 7.99. The normalized spacial score (nSPS) is 15.6. The van der Waals surface area contributed by atoms with E-state index in [1.807, 2.05) is 0 Å². The minimum atomic E-state index is -3.63. The van der Waals surface area contributed by atoms with Crippen molar-refractivity contribution in [3.05, 3.63) is 0 Å². The summed E-state index contributed by atoms with van der Waals surface area (Å²) in [5.74, 6) is -0.522. The van der Waals surface area contributed by atoms with E-state index in [0.29, 0.717) is 6.42 Å². The number of carbonyl (C=O) groups is 1. The Kier molecular flexibility index (Phi) is 8.25. The molecule has 17 heavy (non-hydrogen) atoms. The molecule has 0 aliphatic heterocycles. The molecule has 1 N–H and O–H groups in total. The molecule has 0 aliphatic rings. The van der Waals surface area contributed by atoms with Gasteiger partial charge in [0, 0.05) is 6.42 Å². The van der Waals surface area contributed by atoms with Crippen LogP contribution in [0.1, 0.15) is 33.6 Å². The summed E-state index contributed by atoms with van der Waals surface area (Å²) in [6, 6.07) is 0. The molecule has 7 heteroatoms. The third-order valence-electron chi connectivity index (χ3n) is 2.07. The Morgan fingerprint density at radius 1 is 1.29 bits per heavy atom. The summed E-state index contributed by atoms with van der Waals surface area (Å²) >= 11 is 5.82. The van der Waals surface area contributed by atoms with Gasteiger partial charge in [-0.25, -0.2) is 0 Å². The van der Waals surface area contributed by atoms with Crippen LogP contribution in [-0.2, 0) is 18.4 Å². The lowest BCUT2D eigenvalue weighted by Gasteiger charge is -2.21. The van der Waals surface area contributed by atoms with Gasteiger partial charge in [0.1, 0.15) is 0 Å². The smallest absolute Gasteiger partial charge is 0.355 e. The van der Waals surface area contributed by atoms with Gasteiger partial charge in [-0.2, -0.15) is 0 Å². The zero-order chi connectivity index (χ0) is 13.5. The van der Waals surface area contributed by atoms with Gasteiger partial charge < -0.3 is 14.2 Å². The van der Waals surface area contributed by atoms with Crippen LogP contribution in [0.2, 0.25) is 0 Å². The third-order valence-corrected chi connectivity index (χ3v) is 5.11. The molecule has 0 aromatic carbocycles. The number of rotatable bonds is 9. The number of ketones is 1. The summed E-state index contributed by atoms with van der Waals surface area (Å²) in [5.41, 5.74) is 0. The number of alkyl halides is 1. The van der Waals surface area contributed by atoms with Gasteiger partial charge in [0.25, 0.3) is 0 Å². The van der Waals surface area contributed by atoms with Crippen LogP contribution in [0.15, 0.2) is 0 Å². The van der Waals surface area contributed by atoms with E-state index in [0.717, 1.165) is 0 Å². The highest BCUT2D eigenvalue weighted by Gasteiger charge is 2.39. The van der Waals surface area contributed by atoms with Crippen molar-refractivity contribution >= 4 is 25.0 Å². The zero-order valence-electron chi connectivity index (χ0n) is 10.4. The minimum absolute atomic E-state index is 0.143. The molecule has 0 saturated heterocycles. The van der Waals surface area contributed by atoms with Gasteiger partial charge in [0.05, 0.1) is 19.3 Å². The highest BCUT2D eigenvalue weighted by molar-refractivity contribution is 7.57. The van der Waals surface area contributed by atoms with Gasteiger partial charge in [-0.05, 0) is 20.3 Å². The van der Waals surface area contributed by atoms with Crippen LogP contribution < -0.4 is 0 Å². The Bertz CT molecular complexity index is 274. The maximum Gasteiger partial charge on any atom is 0.355 e. The SMILES string of the molecule is CCOP(=O)(OCC)C(Cl)C(=O)C[C@@H](O)CC. The van der Waals surface area contributed by atoms with Crippen LogP contribution in [0.25, 0.3) is 0 Å². The standard InChI is InChI=1S/C10H20ClO5P/c1-4-8(12)7-9(13)10(11)17(14,15-5-2)16-6-3/h8,10,12H,4-7H2,1-3H3/t8-,10?/m0/s1. The molecular formula is C10H20ClO5P. The molecule has 0 aliphatic carbocycles. The van der Waals surface area contributed by atoms with E-state index in [1.54, 1.807) is 20.8 Å². The molecule has 0 amide bonds. The summed E-state index contributed by atoms with van der Waals surface area (Å²) in [6.45, 7) is 5.31. The van der Waals surface area contributed by atoms with Crippen LogP contribution in [0.3, 0.4) is 0 Å². The molecule has 2 atom stereocenters. The van der Waals surface area contributed by atoms with Gasteiger partial charge in [0.15, 0.2) is 10.9 Å². The molecule has 0 rings (SSSR count). The maximum absolute atomic E-state index is 12.1. The first-order valence-electron chi connectivity index (χ1n) is 5.64. The van der Waals surface area contributed by atoms with E-state index in [9.17, 15) is 14.5 Å². The molecule has 102 valence electrons. The van der Waals surface area contributed by atoms with Gasteiger partial charge in [-0.1, -0.05) is 6.92 Å². The molecule has 0 aromatic heterocycles. The van der Waals surface area contributed by atoms with Crippen LogP contribution in [0.4, 0.5) is 0 Å². The molecule has 1 unspecified atom stereocenters. The minimum Gasteiger partial charge on any atom is -0.393 e. The molecule has 0 heterocycles. The van der Waals surface area contributed by atoms with Crippen molar-refractivity contribution in [1.82, 2.24) is 0 Å². The van der Waals surface area contributed by atoms with Crippen LogP contribution >= 0.6 is 19.2 Å². The lowest BCUT2D eigenvalue weighted by Crippen LogP contribution is -2.22. The second-order valence-corrected chi connectivity index (χ2v) is 6.30. The summed E-state index contributed by atoms with van der Waals surface area (Å²) < 4.78 is 22.1. The highest BCUT2D eigenvalue weighted by Crippen LogP contribution is 2.55. The monoisotopic (exact) mass is 286 g/mol. The number of Topliss-reactive ketones (excluding diaryl/α,β-unsaturated/α-hetero) is 1.